The van der Waals surface area contributed by atoms with E-state index in [1.165, 1.54) is 4.31 Å². The van der Waals surface area contributed by atoms with Crippen molar-refractivity contribution in [2.75, 3.05) is 39.2 Å². The molecular weight excluding hydrogens is 600 g/mol. The third-order valence-corrected chi connectivity index (χ3v) is 8.88. The highest BCUT2D eigenvalue weighted by molar-refractivity contribution is 7.82. The molecule has 0 spiro atoms. The fourth-order valence-electron chi connectivity index (χ4n) is 5.39. The molecule has 0 radical (unpaired) electrons. The molecule has 5 aromatic rings. The lowest BCUT2D eigenvalue weighted by molar-refractivity contribution is 0.0981. The maximum atomic E-state index is 14.3. The molecule has 1 unspecified atom stereocenters. The Balaban J connectivity index is 1.34. The standard InChI is InChI=1S/C35H32N6O4S/c1-19-17-26(39-22-11-9-21(36)10-12-22)28-30(32(19)37)35(43)29-27(18-20(2)33(38)31(29)34(28)42)40-23-13-15-24(16-14-23)41(3)46(44)45-25-7-5-4-6-8-25/h4-18,39-40H,36-38H2,1-3H3. The van der Waals surface area contributed by atoms with Crippen LogP contribution in [-0.4, -0.2) is 22.8 Å². The number of nitrogens with two attached hydrogens (primary N) is 3. The van der Waals surface area contributed by atoms with Crippen LogP contribution < -0.4 is 36.3 Å². The Morgan fingerprint density at radius 1 is 0.652 bits per heavy atom. The zero-order chi connectivity index (χ0) is 32.7. The number of rotatable bonds is 8. The van der Waals surface area contributed by atoms with Crippen molar-refractivity contribution in [1.29, 1.82) is 0 Å². The molecule has 1 aliphatic rings. The number of aryl methyl sites for hydroxylation is 2. The summed E-state index contributed by atoms with van der Waals surface area (Å²) < 4.78 is 19.8. The summed E-state index contributed by atoms with van der Waals surface area (Å²) in [5.41, 5.74) is 24.5. The molecule has 232 valence electrons. The number of fused-ring (bicyclic) bond motifs is 2. The number of para-hydroxylation sites is 1. The molecule has 10 nitrogen and oxygen atoms in total. The number of nitrogens with zero attached hydrogens (tertiary/aromatic N) is 1. The zero-order valence-corrected chi connectivity index (χ0v) is 26.2. The Kier molecular flexibility index (Phi) is 7.85. The number of nitrogens with one attached hydrogen (secondary N) is 2. The molecule has 0 heterocycles. The minimum atomic E-state index is -1.78. The Bertz CT molecular complexity index is 2030. The van der Waals surface area contributed by atoms with E-state index >= 15 is 0 Å². The first-order valence-electron chi connectivity index (χ1n) is 14.4. The number of carbonyl (C=O) groups is 2. The predicted octanol–water partition coefficient (Wildman–Crippen LogP) is 6.41. The highest BCUT2D eigenvalue weighted by atomic mass is 32.2. The molecule has 0 bridgehead atoms. The summed E-state index contributed by atoms with van der Waals surface area (Å²) in [5.74, 6) is -0.333. The molecular formula is C35H32N6O4S. The normalized spacial score (nSPS) is 12.6. The predicted molar refractivity (Wildman–Crippen MR) is 186 cm³/mol. The van der Waals surface area contributed by atoms with Crippen LogP contribution in [-0.2, 0) is 11.3 Å². The number of ketones is 2. The van der Waals surface area contributed by atoms with Gasteiger partial charge in [0.2, 0.25) is 0 Å². The average molecular weight is 633 g/mol. The largest absolute Gasteiger partial charge is 0.399 e. The lowest BCUT2D eigenvalue weighted by Gasteiger charge is -2.27. The van der Waals surface area contributed by atoms with Gasteiger partial charge in [0.25, 0.3) is 0 Å². The molecule has 1 aliphatic carbocycles. The van der Waals surface area contributed by atoms with E-state index in [0.717, 1.165) is 0 Å². The van der Waals surface area contributed by atoms with Gasteiger partial charge in [-0.05, 0) is 97.8 Å². The van der Waals surface area contributed by atoms with E-state index in [-0.39, 0.29) is 33.6 Å². The van der Waals surface area contributed by atoms with Crippen molar-refractivity contribution in [3.8, 4) is 5.75 Å². The molecule has 46 heavy (non-hydrogen) atoms. The second-order valence-corrected chi connectivity index (χ2v) is 12.1. The van der Waals surface area contributed by atoms with Gasteiger partial charge in [0.15, 0.2) is 11.6 Å². The van der Waals surface area contributed by atoms with Crippen LogP contribution in [0.5, 0.6) is 5.75 Å². The summed E-state index contributed by atoms with van der Waals surface area (Å²) in [4.78, 5) is 28.5. The van der Waals surface area contributed by atoms with Crippen molar-refractivity contribution in [2.45, 2.75) is 13.8 Å². The zero-order valence-electron chi connectivity index (χ0n) is 25.4. The molecule has 11 heteroatoms. The topological polar surface area (TPSA) is 166 Å². The smallest absolute Gasteiger partial charge is 0.318 e. The summed E-state index contributed by atoms with van der Waals surface area (Å²) >= 11 is -1.78. The number of hydrogen-bond acceptors (Lipinski definition) is 9. The van der Waals surface area contributed by atoms with Crippen molar-refractivity contribution >= 4 is 68.3 Å². The first-order chi connectivity index (χ1) is 22.0. The first kappa shape index (κ1) is 30.2. The van der Waals surface area contributed by atoms with Crippen LogP contribution in [0.4, 0.5) is 45.5 Å². The van der Waals surface area contributed by atoms with Crippen LogP contribution in [0.25, 0.3) is 0 Å². The van der Waals surface area contributed by atoms with Crippen molar-refractivity contribution in [3.63, 3.8) is 0 Å². The number of benzene rings is 5. The Hall–Kier alpha value is -5.81. The molecule has 0 aliphatic heterocycles. The number of hydrogen-bond donors (Lipinski definition) is 5. The maximum Gasteiger partial charge on any atom is 0.318 e. The Labute approximate surface area is 269 Å². The number of anilines is 8. The van der Waals surface area contributed by atoms with Crippen LogP contribution in [0.1, 0.15) is 43.0 Å². The Morgan fingerprint density at radius 2 is 1.11 bits per heavy atom. The van der Waals surface area contributed by atoms with E-state index in [1.54, 1.807) is 106 Å². The van der Waals surface area contributed by atoms with E-state index in [4.69, 9.17) is 21.4 Å². The van der Waals surface area contributed by atoms with E-state index in [9.17, 15) is 13.8 Å². The first-order valence-corrected chi connectivity index (χ1v) is 15.4. The molecule has 0 saturated carbocycles. The van der Waals surface area contributed by atoms with E-state index in [2.05, 4.69) is 10.6 Å². The summed E-state index contributed by atoms with van der Waals surface area (Å²) in [6, 6.07) is 26.5. The van der Waals surface area contributed by atoms with Crippen LogP contribution in [0.3, 0.4) is 0 Å². The summed E-state index contributed by atoms with van der Waals surface area (Å²) in [6.45, 7) is 3.57. The minimum absolute atomic E-state index is 0.119. The molecule has 1 atom stereocenters. The Morgan fingerprint density at radius 3 is 1.59 bits per heavy atom. The van der Waals surface area contributed by atoms with Crippen LogP contribution in [0.2, 0.25) is 0 Å². The average Bonchev–Trinajstić information content (AvgIpc) is 3.04. The highest BCUT2D eigenvalue weighted by Crippen LogP contribution is 2.43. The summed E-state index contributed by atoms with van der Waals surface area (Å²) in [7, 11) is 1.66. The molecule has 0 fully saturated rings. The van der Waals surface area contributed by atoms with Crippen LogP contribution in [0, 0.1) is 13.8 Å². The van der Waals surface area contributed by atoms with Gasteiger partial charge in [0.1, 0.15) is 5.75 Å². The molecule has 0 saturated heterocycles. The summed E-state index contributed by atoms with van der Waals surface area (Å²) in [5, 5.41) is 6.55. The van der Waals surface area contributed by atoms with E-state index < -0.39 is 22.8 Å². The second kappa shape index (κ2) is 11.9. The SMILES string of the molecule is Cc1cc(Nc2ccc(N)cc2)c2c(c1N)C(=O)c1c(Nc3ccc(N(C)S(=O)Oc4ccccc4)cc3)cc(C)c(N)c1C2=O. The van der Waals surface area contributed by atoms with Gasteiger partial charge in [-0.1, -0.05) is 18.2 Å². The van der Waals surface area contributed by atoms with Gasteiger partial charge >= 0.3 is 11.3 Å². The highest BCUT2D eigenvalue weighted by Gasteiger charge is 2.38. The van der Waals surface area contributed by atoms with Gasteiger partial charge in [0, 0.05) is 35.5 Å². The minimum Gasteiger partial charge on any atom is -0.399 e. The van der Waals surface area contributed by atoms with Crippen LogP contribution >= 0.6 is 0 Å². The maximum absolute atomic E-state index is 14.3. The van der Waals surface area contributed by atoms with Gasteiger partial charge in [-0.15, -0.1) is 0 Å². The van der Waals surface area contributed by atoms with Gasteiger partial charge in [0.05, 0.1) is 39.3 Å². The molecule has 0 aromatic heterocycles. The van der Waals surface area contributed by atoms with Gasteiger partial charge in [-0.3, -0.25) is 13.9 Å². The molecule has 5 aromatic carbocycles. The van der Waals surface area contributed by atoms with Crippen LogP contribution in [0.15, 0.2) is 91.0 Å². The van der Waals surface area contributed by atoms with Gasteiger partial charge in [-0.25, -0.2) is 0 Å². The lowest BCUT2D eigenvalue weighted by atomic mass is 9.79. The molecule has 8 N–H and O–H groups in total. The third-order valence-electron chi connectivity index (χ3n) is 7.89. The number of nitrogen functional groups attached to an aromatic ring is 3. The summed E-state index contributed by atoms with van der Waals surface area (Å²) in [6.07, 6.45) is 0. The van der Waals surface area contributed by atoms with Gasteiger partial charge in [-0.2, -0.15) is 4.21 Å². The monoisotopic (exact) mass is 632 g/mol. The molecule has 6 rings (SSSR count). The second-order valence-electron chi connectivity index (χ2n) is 11.0. The quantitative estimate of drug-likeness (QED) is 0.119. The number of carbonyl (C=O) groups excluding carboxylic acids is 2. The fraction of sp³-hybridized carbons (Fsp3) is 0.0857. The fourth-order valence-corrected chi connectivity index (χ4v) is 6.07. The lowest BCUT2D eigenvalue weighted by Crippen LogP contribution is -2.27. The van der Waals surface area contributed by atoms with Crippen molar-refractivity contribution in [1.82, 2.24) is 0 Å². The van der Waals surface area contributed by atoms with Crippen molar-refractivity contribution < 1.29 is 18.0 Å². The van der Waals surface area contributed by atoms with E-state index in [0.29, 0.717) is 51.0 Å². The van der Waals surface area contributed by atoms with E-state index in [1.807, 2.05) is 6.07 Å². The van der Waals surface area contributed by atoms with Crippen molar-refractivity contribution in [3.05, 3.63) is 124 Å². The van der Waals surface area contributed by atoms with Gasteiger partial charge < -0.3 is 32.0 Å². The third kappa shape index (κ3) is 5.48. The van der Waals surface area contributed by atoms with Crippen molar-refractivity contribution in [2.24, 2.45) is 0 Å². The molecule has 0 amide bonds.